The first-order valence-corrected chi connectivity index (χ1v) is 4.83. The van der Waals surface area contributed by atoms with Crippen molar-refractivity contribution >= 4 is 11.8 Å². The smallest absolute Gasteiger partial charge is 0.237 e. The minimum atomic E-state index is -0.910. The van der Waals surface area contributed by atoms with Gasteiger partial charge in [0, 0.05) is 11.8 Å². The summed E-state index contributed by atoms with van der Waals surface area (Å²) in [5.74, 6) is -1.01. The molecule has 0 fully saturated rings. The summed E-state index contributed by atoms with van der Waals surface area (Å²) in [6.07, 6.45) is 3.11. The number of amides is 2. The van der Waals surface area contributed by atoms with E-state index in [4.69, 9.17) is 11.5 Å². The van der Waals surface area contributed by atoms with E-state index in [1.165, 1.54) is 0 Å². The van der Waals surface area contributed by atoms with E-state index in [0.717, 1.165) is 5.56 Å². The van der Waals surface area contributed by atoms with Gasteiger partial charge < -0.3 is 16.8 Å². The number of hydrogen-bond donors (Lipinski definition) is 4. The molecule has 0 aliphatic heterocycles. The number of hydrogen-bond acceptors (Lipinski definition) is 4. The molecule has 0 bridgehead atoms. The number of nitrogens with zero attached hydrogens (tertiary/aromatic N) is 1. The zero-order valence-electron chi connectivity index (χ0n) is 8.93. The van der Waals surface area contributed by atoms with Gasteiger partial charge in [0.2, 0.25) is 11.8 Å². The molecular formula is C9H15N5O2. The Morgan fingerprint density at radius 3 is 2.81 bits per heavy atom. The molecule has 2 atom stereocenters. The van der Waals surface area contributed by atoms with Gasteiger partial charge in [-0.3, -0.25) is 14.7 Å². The maximum Gasteiger partial charge on any atom is 0.237 e. The highest BCUT2D eigenvalue weighted by Crippen LogP contribution is 2.09. The average molecular weight is 225 g/mol. The monoisotopic (exact) mass is 225 g/mol. The molecule has 0 spiro atoms. The van der Waals surface area contributed by atoms with Crippen molar-refractivity contribution in [3.63, 3.8) is 0 Å². The molecule has 7 nitrogen and oxygen atoms in total. The molecule has 0 aliphatic rings. The first kappa shape index (κ1) is 12.2. The van der Waals surface area contributed by atoms with Gasteiger partial charge in [-0.1, -0.05) is 0 Å². The van der Waals surface area contributed by atoms with E-state index in [2.05, 4.69) is 15.5 Å². The lowest BCUT2D eigenvalue weighted by Crippen LogP contribution is -2.43. The summed E-state index contributed by atoms with van der Waals surface area (Å²) < 4.78 is 0. The molecule has 2 unspecified atom stereocenters. The molecule has 88 valence electrons. The molecule has 1 aromatic rings. The third-order valence-corrected chi connectivity index (χ3v) is 2.14. The Balaban J connectivity index is 2.48. The summed E-state index contributed by atoms with van der Waals surface area (Å²) >= 11 is 0. The first-order valence-electron chi connectivity index (χ1n) is 4.83. The minimum absolute atomic E-state index is 0.163. The van der Waals surface area contributed by atoms with Gasteiger partial charge in [-0.05, 0) is 6.92 Å². The van der Waals surface area contributed by atoms with Gasteiger partial charge >= 0.3 is 0 Å². The molecule has 16 heavy (non-hydrogen) atoms. The third kappa shape index (κ3) is 3.35. The molecule has 7 heteroatoms. The number of primary amides is 1. The summed E-state index contributed by atoms with van der Waals surface area (Å²) in [5, 5.41) is 9.06. The van der Waals surface area contributed by atoms with Crippen LogP contribution >= 0.6 is 0 Å². The predicted molar refractivity (Wildman–Crippen MR) is 56.9 cm³/mol. The molecule has 0 aromatic carbocycles. The Hall–Kier alpha value is -1.89. The van der Waals surface area contributed by atoms with Crippen LogP contribution in [0.25, 0.3) is 0 Å². The van der Waals surface area contributed by atoms with Crippen LogP contribution < -0.4 is 16.8 Å². The summed E-state index contributed by atoms with van der Waals surface area (Å²) in [6.45, 7) is 1.79. The van der Waals surface area contributed by atoms with Crippen molar-refractivity contribution in [3.05, 3.63) is 18.0 Å². The van der Waals surface area contributed by atoms with E-state index >= 15 is 0 Å². The minimum Gasteiger partial charge on any atom is -0.370 e. The largest absolute Gasteiger partial charge is 0.370 e. The lowest BCUT2D eigenvalue weighted by Gasteiger charge is -2.15. The molecule has 0 aliphatic carbocycles. The maximum atomic E-state index is 11.5. The maximum absolute atomic E-state index is 11.5. The highest BCUT2D eigenvalue weighted by atomic mass is 16.2. The van der Waals surface area contributed by atoms with E-state index in [1.807, 2.05) is 0 Å². The lowest BCUT2D eigenvalue weighted by molar-refractivity contribution is -0.126. The van der Waals surface area contributed by atoms with Crippen molar-refractivity contribution in [1.82, 2.24) is 15.5 Å². The standard InChI is InChI=1S/C9H15N5O2/c1-5(6-3-12-13-4-6)14-9(16)7(10)2-8(11)15/h3-5,7H,2,10H2,1H3,(H2,11,15)(H,12,13)(H,14,16). The molecule has 0 radical (unpaired) electrons. The van der Waals surface area contributed by atoms with Crippen LogP contribution in [0.4, 0.5) is 0 Å². The van der Waals surface area contributed by atoms with Crippen molar-refractivity contribution in [2.45, 2.75) is 25.4 Å². The molecule has 2 amide bonds. The van der Waals surface area contributed by atoms with Gasteiger partial charge in [-0.25, -0.2) is 0 Å². The second-order valence-electron chi connectivity index (χ2n) is 3.54. The number of nitrogens with two attached hydrogens (primary N) is 2. The topological polar surface area (TPSA) is 127 Å². The van der Waals surface area contributed by atoms with E-state index in [0.29, 0.717) is 0 Å². The van der Waals surface area contributed by atoms with Crippen LogP contribution in [0.5, 0.6) is 0 Å². The van der Waals surface area contributed by atoms with Crippen LogP contribution in [0.15, 0.2) is 12.4 Å². The number of carbonyl (C=O) groups excluding carboxylic acids is 2. The van der Waals surface area contributed by atoms with E-state index < -0.39 is 17.9 Å². The van der Waals surface area contributed by atoms with Crippen molar-refractivity contribution < 1.29 is 9.59 Å². The fraction of sp³-hybridized carbons (Fsp3) is 0.444. The Kier molecular flexibility index (Phi) is 4.01. The van der Waals surface area contributed by atoms with Crippen LogP contribution in [0.1, 0.15) is 24.9 Å². The molecule has 6 N–H and O–H groups in total. The van der Waals surface area contributed by atoms with Gasteiger partial charge in [0.1, 0.15) is 0 Å². The Morgan fingerprint density at radius 2 is 2.31 bits per heavy atom. The molecule has 1 aromatic heterocycles. The fourth-order valence-electron chi connectivity index (χ4n) is 1.21. The number of carbonyl (C=O) groups is 2. The molecule has 0 saturated heterocycles. The number of H-pyrrole nitrogens is 1. The fourth-order valence-corrected chi connectivity index (χ4v) is 1.21. The van der Waals surface area contributed by atoms with E-state index in [1.54, 1.807) is 19.3 Å². The zero-order chi connectivity index (χ0) is 12.1. The second kappa shape index (κ2) is 5.26. The van der Waals surface area contributed by atoms with Crippen molar-refractivity contribution in [2.75, 3.05) is 0 Å². The zero-order valence-corrected chi connectivity index (χ0v) is 8.93. The Morgan fingerprint density at radius 1 is 1.62 bits per heavy atom. The van der Waals surface area contributed by atoms with Gasteiger partial charge in [0.15, 0.2) is 0 Å². The van der Waals surface area contributed by atoms with Crippen molar-refractivity contribution in [3.8, 4) is 0 Å². The van der Waals surface area contributed by atoms with Crippen LogP contribution in [-0.4, -0.2) is 28.1 Å². The second-order valence-corrected chi connectivity index (χ2v) is 3.54. The van der Waals surface area contributed by atoms with E-state index in [-0.39, 0.29) is 12.5 Å². The van der Waals surface area contributed by atoms with Crippen LogP contribution in [0, 0.1) is 0 Å². The number of rotatable bonds is 5. The quantitative estimate of drug-likeness (QED) is 0.501. The highest BCUT2D eigenvalue weighted by molar-refractivity contribution is 5.87. The van der Waals surface area contributed by atoms with Crippen molar-refractivity contribution in [1.29, 1.82) is 0 Å². The van der Waals surface area contributed by atoms with E-state index in [9.17, 15) is 9.59 Å². The molecular weight excluding hydrogens is 210 g/mol. The number of nitrogens with one attached hydrogen (secondary N) is 2. The Labute approximate surface area is 92.6 Å². The molecule has 0 saturated carbocycles. The normalized spacial score (nSPS) is 14.1. The lowest BCUT2D eigenvalue weighted by atomic mass is 10.1. The van der Waals surface area contributed by atoms with Gasteiger partial charge in [0.05, 0.1) is 24.7 Å². The predicted octanol–water partition coefficient (Wildman–Crippen LogP) is -1.21. The van der Waals surface area contributed by atoms with Crippen LogP contribution in [0.2, 0.25) is 0 Å². The number of aromatic amines is 1. The van der Waals surface area contributed by atoms with Gasteiger partial charge in [0.25, 0.3) is 0 Å². The summed E-state index contributed by atoms with van der Waals surface area (Å²) in [4.78, 5) is 22.1. The molecule has 1 heterocycles. The SMILES string of the molecule is CC(NC(=O)C(N)CC(N)=O)c1cn[nH]c1. The van der Waals surface area contributed by atoms with Crippen LogP contribution in [0.3, 0.4) is 0 Å². The van der Waals surface area contributed by atoms with Crippen LogP contribution in [-0.2, 0) is 9.59 Å². The molecule has 1 rings (SSSR count). The average Bonchev–Trinajstić information content (AvgIpc) is 2.68. The summed E-state index contributed by atoms with van der Waals surface area (Å²) in [7, 11) is 0. The van der Waals surface area contributed by atoms with Crippen molar-refractivity contribution in [2.24, 2.45) is 11.5 Å². The summed E-state index contributed by atoms with van der Waals surface area (Å²) in [5.41, 5.74) is 11.3. The Bertz CT molecular complexity index is 362. The number of aromatic nitrogens is 2. The summed E-state index contributed by atoms with van der Waals surface area (Å²) in [6, 6.07) is -1.13. The van der Waals surface area contributed by atoms with Gasteiger partial charge in [-0.15, -0.1) is 0 Å². The van der Waals surface area contributed by atoms with Gasteiger partial charge in [-0.2, -0.15) is 5.10 Å². The third-order valence-electron chi connectivity index (χ3n) is 2.14. The first-order chi connectivity index (χ1) is 7.50. The highest BCUT2D eigenvalue weighted by Gasteiger charge is 2.18.